The van der Waals surface area contributed by atoms with Gasteiger partial charge in [-0.2, -0.15) is 0 Å². The predicted octanol–water partition coefficient (Wildman–Crippen LogP) is 2.60. The number of nitrogens with zero attached hydrogens (tertiary/aromatic N) is 4. The molecule has 0 atom stereocenters. The number of nitrogen functional groups attached to an aromatic ring is 1. The van der Waals surface area contributed by atoms with Crippen LogP contribution in [0.15, 0.2) is 43.2 Å². The molecular weight excluding hydrogens is 264 g/mol. The number of aromatic nitrogens is 4. The van der Waals surface area contributed by atoms with Crippen LogP contribution in [0.2, 0.25) is 0 Å². The molecule has 1 aromatic carbocycles. The first-order chi connectivity index (χ1) is 10.2. The normalized spacial score (nSPS) is 10.6. The van der Waals surface area contributed by atoms with E-state index < -0.39 is 0 Å². The molecule has 0 radical (unpaired) electrons. The van der Waals surface area contributed by atoms with Gasteiger partial charge in [-0.3, -0.25) is 4.57 Å². The van der Waals surface area contributed by atoms with E-state index in [1.54, 1.807) is 23.3 Å². The second kappa shape index (κ2) is 5.24. The van der Waals surface area contributed by atoms with E-state index in [4.69, 9.17) is 5.73 Å². The molecule has 2 heterocycles. The van der Waals surface area contributed by atoms with Crippen LogP contribution in [0.1, 0.15) is 11.1 Å². The van der Waals surface area contributed by atoms with E-state index in [-0.39, 0.29) is 0 Å². The second-order valence-electron chi connectivity index (χ2n) is 4.80. The number of benzene rings is 1. The van der Waals surface area contributed by atoms with Gasteiger partial charge in [0.15, 0.2) is 11.6 Å². The fourth-order valence-corrected chi connectivity index (χ4v) is 2.09. The molecule has 0 aliphatic carbocycles. The fourth-order valence-electron chi connectivity index (χ4n) is 2.09. The molecule has 0 spiro atoms. The highest BCUT2D eigenvalue weighted by Crippen LogP contribution is 2.27. The molecule has 2 aromatic heterocycles. The largest absolute Gasteiger partial charge is 0.393 e. The lowest BCUT2D eigenvalue weighted by molar-refractivity contribution is 0.977. The van der Waals surface area contributed by atoms with Crippen LogP contribution in [0.5, 0.6) is 0 Å². The molecule has 106 valence electrons. The highest BCUT2D eigenvalue weighted by Gasteiger charge is 2.11. The SMILES string of the molecule is Cc1cccc(Nc2ncnc(-n3ccnc3)c2N)c1C. The van der Waals surface area contributed by atoms with E-state index in [1.807, 2.05) is 12.1 Å². The van der Waals surface area contributed by atoms with E-state index in [2.05, 4.69) is 40.2 Å². The maximum absolute atomic E-state index is 6.17. The van der Waals surface area contributed by atoms with Gasteiger partial charge < -0.3 is 11.1 Å². The van der Waals surface area contributed by atoms with Gasteiger partial charge in [-0.15, -0.1) is 0 Å². The van der Waals surface area contributed by atoms with Crippen LogP contribution in [-0.2, 0) is 0 Å². The lowest BCUT2D eigenvalue weighted by atomic mass is 10.1. The number of rotatable bonds is 3. The molecule has 0 aliphatic rings. The van der Waals surface area contributed by atoms with Crippen molar-refractivity contribution >= 4 is 17.2 Å². The second-order valence-corrected chi connectivity index (χ2v) is 4.80. The summed E-state index contributed by atoms with van der Waals surface area (Å²) in [6.07, 6.45) is 6.61. The standard InChI is InChI=1S/C15H16N6/c1-10-4-3-5-12(11(10)2)20-14-13(16)15(19-8-18-14)21-7-6-17-9-21/h3-9H,16H2,1-2H3,(H,18,19,20). The first-order valence-electron chi connectivity index (χ1n) is 6.59. The van der Waals surface area contributed by atoms with Gasteiger partial charge in [0.2, 0.25) is 0 Å². The Hall–Kier alpha value is -2.89. The Morgan fingerprint density at radius 2 is 2.05 bits per heavy atom. The van der Waals surface area contributed by atoms with Crippen LogP contribution in [0, 0.1) is 13.8 Å². The summed E-state index contributed by atoms with van der Waals surface area (Å²) >= 11 is 0. The van der Waals surface area contributed by atoms with Gasteiger partial charge in [0.1, 0.15) is 18.3 Å². The zero-order valence-electron chi connectivity index (χ0n) is 11.9. The molecule has 0 fully saturated rings. The Kier molecular flexibility index (Phi) is 3.27. The molecule has 0 saturated carbocycles. The third kappa shape index (κ3) is 2.43. The molecule has 21 heavy (non-hydrogen) atoms. The lowest BCUT2D eigenvalue weighted by Gasteiger charge is -2.14. The summed E-state index contributed by atoms with van der Waals surface area (Å²) in [6.45, 7) is 4.13. The quantitative estimate of drug-likeness (QED) is 0.770. The van der Waals surface area contributed by atoms with Crippen molar-refractivity contribution in [3.8, 4) is 5.82 Å². The number of anilines is 3. The molecule has 3 aromatic rings. The monoisotopic (exact) mass is 280 g/mol. The Labute approximate surface area is 122 Å². The molecule has 0 aliphatic heterocycles. The van der Waals surface area contributed by atoms with Crippen molar-refractivity contribution in [3.05, 3.63) is 54.4 Å². The van der Waals surface area contributed by atoms with Crippen molar-refractivity contribution in [1.29, 1.82) is 0 Å². The summed E-state index contributed by atoms with van der Waals surface area (Å²) in [5.41, 5.74) is 10.0. The van der Waals surface area contributed by atoms with Gasteiger partial charge in [0.25, 0.3) is 0 Å². The number of nitrogens with one attached hydrogen (secondary N) is 1. The fraction of sp³-hybridized carbons (Fsp3) is 0.133. The van der Waals surface area contributed by atoms with E-state index >= 15 is 0 Å². The van der Waals surface area contributed by atoms with Crippen LogP contribution >= 0.6 is 0 Å². The van der Waals surface area contributed by atoms with E-state index in [1.165, 1.54) is 17.5 Å². The van der Waals surface area contributed by atoms with Crippen LogP contribution in [-0.4, -0.2) is 19.5 Å². The molecular formula is C15H16N6. The third-order valence-electron chi connectivity index (χ3n) is 3.47. The van der Waals surface area contributed by atoms with Gasteiger partial charge in [-0.1, -0.05) is 12.1 Å². The minimum absolute atomic E-state index is 0.483. The number of hydrogen-bond acceptors (Lipinski definition) is 5. The van der Waals surface area contributed by atoms with Crippen LogP contribution in [0.25, 0.3) is 5.82 Å². The molecule has 0 amide bonds. The number of nitrogens with two attached hydrogens (primary N) is 1. The zero-order chi connectivity index (χ0) is 14.8. The van der Waals surface area contributed by atoms with Crippen molar-refractivity contribution in [1.82, 2.24) is 19.5 Å². The summed E-state index contributed by atoms with van der Waals surface area (Å²) in [7, 11) is 0. The van der Waals surface area contributed by atoms with Gasteiger partial charge in [-0.05, 0) is 31.0 Å². The smallest absolute Gasteiger partial charge is 0.166 e. The summed E-state index contributed by atoms with van der Waals surface area (Å²) in [5, 5.41) is 3.27. The van der Waals surface area contributed by atoms with Crippen molar-refractivity contribution in [2.24, 2.45) is 0 Å². The average molecular weight is 280 g/mol. The molecule has 6 heteroatoms. The summed E-state index contributed by atoms with van der Waals surface area (Å²) < 4.78 is 1.76. The lowest BCUT2D eigenvalue weighted by Crippen LogP contribution is -2.07. The molecule has 0 bridgehead atoms. The average Bonchev–Trinajstić information content (AvgIpc) is 3.00. The molecule has 3 N–H and O–H groups in total. The summed E-state index contributed by atoms with van der Waals surface area (Å²) in [4.78, 5) is 12.4. The zero-order valence-corrected chi connectivity index (χ0v) is 11.9. The van der Waals surface area contributed by atoms with E-state index in [0.29, 0.717) is 17.3 Å². The Morgan fingerprint density at radius 1 is 1.19 bits per heavy atom. The molecule has 6 nitrogen and oxygen atoms in total. The van der Waals surface area contributed by atoms with Gasteiger partial charge in [0.05, 0.1) is 0 Å². The van der Waals surface area contributed by atoms with Crippen molar-refractivity contribution in [3.63, 3.8) is 0 Å². The third-order valence-corrected chi connectivity index (χ3v) is 3.47. The van der Waals surface area contributed by atoms with Crippen molar-refractivity contribution in [2.45, 2.75) is 13.8 Å². The molecule has 3 rings (SSSR count). The van der Waals surface area contributed by atoms with Gasteiger partial charge in [-0.25, -0.2) is 15.0 Å². The van der Waals surface area contributed by atoms with Crippen molar-refractivity contribution in [2.75, 3.05) is 11.1 Å². The topological polar surface area (TPSA) is 81.7 Å². The van der Waals surface area contributed by atoms with E-state index in [9.17, 15) is 0 Å². The predicted molar refractivity (Wildman–Crippen MR) is 82.8 cm³/mol. The maximum atomic E-state index is 6.17. The Balaban J connectivity index is 2.00. The van der Waals surface area contributed by atoms with Crippen LogP contribution in [0.3, 0.4) is 0 Å². The minimum atomic E-state index is 0.483. The molecule has 0 unspecified atom stereocenters. The first-order valence-corrected chi connectivity index (χ1v) is 6.59. The summed E-state index contributed by atoms with van der Waals surface area (Å²) in [6, 6.07) is 6.07. The first kappa shape index (κ1) is 13.1. The minimum Gasteiger partial charge on any atom is -0.393 e. The van der Waals surface area contributed by atoms with Crippen LogP contribution < -0.4 is 11.1 Å². The van der Waals surface area contributed by atoms with Gasteiger partial charge in [0, 0.05) is 18.1 Å². The van der Waals surface area contributed by atoms with E-state index in [0.717, 1.165) is 5.69 Å². The highest BCUT2D eigenvalue weighted by molar-refractivity contribution is 5.75. The maximum Gasteiger partial charge on any atom is 0.166 e. The Bertz CT molecular complexity index is 764. The van der Waals surface area contributed by atoms with Crippen LogP contribution in [0.4, 0.5) is 17.2 Å². The Morgan fingerprint density at radius 3 is 2.81 bits per heavy atom. The number of aryl methyl sites for hydroxylation is 1. The number of imidazole rings is 1. The summed E-state index contributed by atoms with van der Waals surface area (Å²) in [5.74, 6) is 1.19. The number of hydrogen-bond donors (Lipinski definition) is 2. The molecule has 0 saturated heterocycles. The van der Waals surface area contributed by atoms with Gasteiger partial charge >= 0.3 is 0 Å². The van der Waals surface area contributed by atoms with Crippen molar-refractivity contribution < 1.29 is 0 Å². The highest BCUT2D eigenvalue weighted by atomic mass is 15.1.